The maximum atomic E-state index is 12.6. The summed E-state index contributed by atoms with van der Waals surface area (Å²) in [4.78, 5) is 49.5. The number of carbonyl (C=O) groups excluding carboxylic acids is 4. The van der Waals surface area contributed by atoms with E-state index in [2.05, 4.69) is 21.3 Å². The lowest BCUT2D eigenvalue weighted by Gasteiger charge is -2.48. The predicted molar refractivity (Wildman–Crippen MR) is 308 cm³/mol. The Hall–Kier alpha value is -3.32. The molecule has 0 aromatic heterocycles. The minimum Gasteiger partial charge on any atom is -0.394 e. The number of rotatable bonds is 28. The maximum absolute atomic E-state index is 12.6. The summed E-state index contributed by atoms with van der Waals surface area (Å²) in [5.41, 5.74) is 5.55. The molecule has 0 aromatic carbocycles. The normalized spacial score (nSPS) is 44.3. The number of nitrogens with one attached hydrogen (secondary N) is 4. The summed E-state index contributed by atoms with van der Waals surface area (Å²) in [7, 11) is 0. The Kier molecular flexibility index (Phi) is 29.6. The molecule has 8 rings (SSSR count). The van der Waals surface area contributed by atoms with Crippen molar-refractivity contribution in [1.82, 2.24) is 21.3 Å². The number of amides is 4. The molecule has 0 saturated carbocycles. The van der Waals surface area contributed by atoms with E-state index in [0.29, 0.717) is 13.2 Å². The van der Waals surface area contributed by atoms with Crippen LogP contribution in [0, 0.1) is 0 Å². The Bertz CT molecular complexity index is 2390. The van der Waals surface area contributed by atoms with Crippen molar-refractivity contribution in [3.8, 4) is 0 Å². The third-order valence-electron chi connectivity index (χ3n) is 17.5. The molecule has 0 radical (unpaired) electrons. The molecule has 0 aromatic rings. The highest BCUT2D eigenvalue weighted by Crippen LogP contribution is 2.36. The second-order valence-electron chi connectivity index (χ2n) is 24.7. The summed E-state index contributed by atoms with van der Waals surface area (Å²) >= 11 is 0. The van der Waals surface area contributed by atoms with Crippen LogP contribution < -0.4 is 27.0 Å². The molecule has 8 heterocycles. The van der Waals surface area contributed by atoms with Crippen molar-refractivity contribution in [2.75, 3.05) is 66.0 Å². The molecule has 548 valence electrons. The third-order valence-corrected chi connectivity index (χ3v) is 17.5. The first-order valence-corrected chi connectivity index (χ1v) is 32.0. The maximum Gasteiger partial charge on any atom is 0.217 e. The van der Waals surface area contributed by atoms with Gasteiger partial charge in [0.1, 0.15) is 122 Å². The van der Waals surface area contributed by atoms with Crippen molar-refractivity contribution in [1.29, 1.82) is 0 Å². The summed E-state index contributed by atoms with van der Waals surface area (Å²) in [5, 5.41) is 153. The number of hydrogen-bond donors (Lipinski definition) is 18. The molecule has 8 aliphatic heterocycles. The van der Waals surface area contributed by atoms with Crippen LogP contribution in [-0.2, 0) is 95.0 Å². The van der Waals surface area contributed by atoms with Crippen LogP contribution in [0.4, 0.5) is 0 Å². The summed E-state index contributed by atoms with van der Waals surface area (Å²) in [6.07, 6.45) is -37.4. The molecule has 38 nitrogen and oxygen atoms in total. The summed E-state index contributed by atoms with van der Waals surface area (Å²) in [6, 6.07) is -5.53. The zero-order valence-corrected chi connectivity index (χ0v) is 53.1. The molecule has 0 bridgehead atoms. The van der Waals surface area contributed by atoms with Gasteiger partial charge in [-0.1, -0.05) is 0 Å². The topological polar surface area (TPSA) is 553 Å². The van der Waals surface area contributed by atoms with E-state index in [1.807, 2.05) is 0 Å². The molecule has 4 amide bonds. The lowest BCUT2D eigenvalue weighted by Crippen LogP contribution is -2.68. The molecule has 8 saturated heterocycles. The van der Waals surface area contributed by atoms with Gasteiger partial charge in [-0.3, -0.25) is 19.2 Å². The van der Waals surface area contributed by atoms with E-state index >= 15 is 0 Å². The van der Waals surface area contributed by atoms with Crippen molar-refractivity contribution in [2.45, 2.75) is 269 Å². The molecule has 0 spiro atoms. The van der Waals surface area contributed by atoms with E-state index in [1.54, 1.807) is 0 Å². The average Bonchev–Trinajstić information content (AvgIpc) is 0.804. The summed E-state index contributed by atoms with van der Waals surface area (Å²) in [5.74, 6) is -2.53. The summed E-state index contributed by atoms with van der Waals surface area (Å²) < 4.78 is 95.2. The number of aliphatic hydroxyl groups is 13. The highest BCUT2D eigenvalue weighted by atomic mass is 16.8. The van der Waals surface area contributed by atoms with Crippen LogP contribution in [0.15, 0.2) is 0 Å². The van der Waals surface area contributed by atoms with Crippen LogP contribution in [0.3, 0.4) is 0 Å². The molecule has 38 heteroatoms. The fourth-order valence-electron chi connectivity index (χ4n) is 12.5. The van der Waals surface area contributed by atoms with Crippen LogP contribution in [0.25, 0.3) is 0 Å². The largest absolute Gasteiger partial charge is 0.394 e. The Balaban J connectivity index is 0.822. The molecule has 8 unspecified atom stereocenters. The molecule has 8 aliphatic rings. The standard InChI is InChI=1S/C57H97N5O33/c1-22(67)59-42-47(76)46(75)30(14-63)85-54(42)89-35-19-82-39(11-27(35)72)93-52-32(16-65)87-56(44(49(52)78)61-24(3)69)91-37-21-84-41(13-29(37)74)95-53-33(17-66)88-57(45(50(53)79)62-25(4)70)92-36-20-83-40(12-28(36)73)94-51-31(15-64)86-55(43(48(51)77)60-23(2)68)90-34-18-81-38(10-26(34)71)80-9-7-5-6-8-58/h26-57,63-66,71-79H,5-21,58H2,1-4H3,(H,59,67)(H,60,68)(H,61,69)(H,62,70)/t26-,27-,28-,29-,30?,31?,32?,33?,34+,35+,36+,37+,38+,39-,40-,41-,42?,43?,44?,45?,46+,47+,48+,49+,50+,51+,52+,53+,54+,55+,56+,57+/m0/s1. The van der Waals surface area contributed by atoms with Crippen molar-refractivity contribution in [2.24, 2.45) is 5.73 Å². The Morgan fingerprint density at radius 1 is 0.379 bits per heavy atom. The number of nitrogens with two attached hydrogens (primary N) is 1. The zero-order valence-electron chi connectivity index (χ0n) is 53.1. The smallest absolute Gasteiger partial charge is 0.217 e. The predicted octanol–water partition coefficient (Wildman–Crippen LogP) is -10.1. The molecule has 19 N–H and O–H groups in total. The molecule has 32 atom stereocenters. The minimum absolute atomic E-state index is 0.0507. The van der Waals surface area contributed by atoms with Crippen LogP contribution >= 0.6 is 0 Å². The quantitative estimate of drug-likeness (QED) is 0.0324. The van der Waals surface area contributed by atoms with Gasteiger partial charge < -0.3 is 169 Å². The number of aliphatic hydroxyl groups excluding tert-OH is 13. The van der Waals surface area contributed by atoms with Gasteiger partial charge >= 0.3 is 0 Å². The first kappa shape index (κ1) is 77.4. The highest BCUT2D eigenvalue weighted by Gasteiger charge is 2.55. The number of carbonyl (C=O) groups is 4. The first-order valence-electron chi connectivity index (χ1n) is 32.0. The van der Waals surface area contributed by atoms with Gasteiger partial charge in [-0.15, -0.1) is 0 Å². The molecule has 8 fully saturated rings. The molecular weight excluding hydrogens is 1280 g/mol. The van der Waals surface area contributed by atoms with Crippen molar-refractivity contribution < 1.29 is 161 Å². The van der Waals surface area contributed by atoms with Crippen LogP contribution in [-0.4, -0.2) is 353 Å². The van der Waals surface area contributed by atoms with E-state index in [1.165, 1.54) is 6.92 Å². The van der Waals surface area contributed by atoms with E-state index < -0.39 is 266 Å². The van der Waals surface area contributed by atoms with Gasteiger partial charge in [-0.25, -0.2) is 0 Å². The van der Waals surface area contributed by atoms with Crippen molar-refractivity contribution in [3.63, 3.8) is 0 Å². The van der Waals surface area contributed by atoms with Gasteiger partial charge in [-0.2, -0.15) is 0 Å². The lowest BCUT2D eigenvalue weighted by atomic mass is 9.95. The zero-order chi connectivity index (χ0) is 68.9. The van der Waals surface area contributed by atoms with Crippen LogP contribution in [0.1, 0.15) is 72.6 Å². The van der Waals surface area contributed by atoms with Crippen LogP contribution in [0.5, 0.6) is 0 Å². The van der Waals surface area contributed by atoms with Crippen molar-refractivity contribution in [3.05, 3.63) is 0 Å². The fourth-order valence-corrected chi connectivity index (χ4v) is 12.5. The number of unbranched alkanes of at least 4 members (excludes halogenated alkanes) is 2. The third kappa shape index (κ3) is 20.2. The highest BCUT2D eigenvalue weighted by molar-refractivity contribution is 5.74. The van der Waals surface area contributed by atoms with Crippen LogP contribution in [0.2, 0.25) is 0 Å². The molecule has 95 heavy (non-hydrogen) atoms. The monoisotopic (exact) mass is 1380 g/mol. The minimum atomic E-state index is -1.74. The van der Waals surface area contributed by atoms with Gasteiger partial charge in [0.15, 0.2) is 50.3 Å². The Morgan fingerprint density at radius 3 is 0.947 bits per heavy atom. The fraction of sp³-hybridized carbons (Fsp3) is 0.930. The summed E-state index contributed by atoms with van der Waals surface area (Å²) in [6.45, 7) is 1.10. The number of ether oxygens (including phenoxy) is 16. The second-order valence-corrected chi connectivity index (χ2v) is 24.7. The number of hydrogen-bond acceptors (Lipinski definition) is 34. The second kappa shape index (κ2) is 36.3. The Labute approximate surface area is 545 Å². The van der Waals surface area contributed by atoms with E-state index in [4.69, 9.17) is 81.5 Å². The molecule has 0 aliphatic carbocycles. The first-order chi connectivity index (χ1) is 45.3. The van der Waals surface area contributed by atoms with E-state index in [-0.39, 0.29) is 32.3 Å². The van der Waals surface area contributed by atoms with Crippen molar-refractivity contribution >= 4 is 23.6 Å². The van der Waals surface area contributed by atoms with Gasteiger partial charge in [0.05, 0.1) is 77.3 Å². The van der Waals surface area contributed by atoms with Gasteiger partial charge in [-0.05, 0) is 25.8 Å². The Morgan fingerprint density at radius 2 is 0.663 bits per heavy atom. The van der Waals surface area contributed by atoms with Gasteiger partial charge in [0.25, 0.3) is 0 Å². The van der Waals surface area contributed by atoms with E-state index in [9.17, 15) is 85.6 Å². The molecular formula is C57H97N5O33. The van der Waals surface area contributed by atoms with E-state index in [0.717, 1.165) is 40.0 Å². The van der Waals surface area contributed by atoms with Gasteiger partial charge in [0, 0.05) is 60.0 Å². The average molecular weight is 1380 g/mol. The SMILES string of the molecule is CC(=O)NC1[C@@H](O[C@@H]2CO[C@@H](O[C@@H]3C(CO)O[C@H](O[C@@H]4CO[C@@H](O[C@@H]5C(CO)O[C@H](O[C@@H]6CO[C@@H](O[C@@H]7C(CO)O[C@H](O[C@@H]8CO[C@@H](OCCCCCN)C[C@@H]8O)C(NC(C)=O)[C@H]7O)C[C@@H]6O)C(NC(C)=O)[C@H]5O)C[C@@H]4O)C(NC(C)=O)[C@H]3O)C[C@@H]2O)OC(CO)[C@@H](O)[C@@H]1O. The van der Waals surface area contributed by atoms with Gasteiger partial charge in [0.2, 0.25) is 23.6 Å². The lowest BCUT2D eigenvalue weighted by molar-refractivity contribution is -0.353.